The van der Waals surface area contributed by atoms with Crippen LogP contribution in [0, 0.1) is 16.7 Å². The Balaban J connectivity index is 1.65. The molecule has 2 aromatic rings. The van der Waals surface area contributed by atoms with Gasteiger partial charge < -0.3 is 10.5 Å². The second kappa shape index (κ2) is 7.74. The summed E-state index contributed by atoms with van der Waals surface area (Å²) in [6, 6.07) is 12.3. The van der Waals surface area contributed by atoms with E-state index < -0.39 is 12.1 Å². The Morgan fingerprint density at radius 2 is 1.88 bits per heavy atom. The molecule has 0 unspecified atom stereocenters. The van der Waals surface area contributed by atoms with Gasteiger partial charge >= 0.3 is 0 Å². The molecule has 0 radical (unpaired) electrons. The van der Waals surface area contributed by atoms with Crippen LogP contribution in [0.25, 0.3) is 11.1 Å². The Hall–Kier alpha value is -3.11. The highest BCUT2D eigenvalue weighted by Gasteiger charge is 2.60. The van der Waals surface area contributed by atoms with E-state index in [9.17, 15) is 14.0 Å². The van der Waals surface area contributed by atoms with E-state index in [0.717, 1.165) is 54.5 Å². The fraction of sp³-hybridized carbons (Fsp3) is 0.423. The highest BCUT2D eigenvalue weighted by Crippen LogP contribution is 2.62. The van der Waals surface area contributed by atoms with E-state index >= 15 is 0 Å². The van der Waals surface area contributed by atoms with Gasteiger partial charge in [0.15, 0.2) is 5.66 Å². The molecule has 2 spiro atoms. The number of rotatable bonds is 3. The molecule has 2 N–H and O–H groups in total. The van der Waals surface area contributed by atoms with Crippen molar-refractivity contribution in [3.63, 3.8) is 0 Å². The van der Waals surface area contributed by atoms with Crippen LogP contribution in [0.5, 0.6) is 0 Å². The predicted octanol–water partition coefficient (Wildman–Crippen LogP) is 5.28. The third-order valence-corrected chi connectivity index (χ3v) is 7.63. The van der Waals surface area contributed by atoms with Crippen molar-refractivity contribution in [2.75, 3.05) is 7.11 Å². The van der Waals surface area contributed by atoms with Crippen molar-refractivity contribution in [2.24, 2.45) is 21.1 Å². The van der Waals surface area contributed by atoms with E-state index in [2.05, 4.69) is 6.07 Å². The Morgan fingerprint density at radius 3 is 2.48 bits per heavy atom. The molecular weight excluding hydrogens is 422 g/mol. The Labute approximate surface area is 192 Å². The van der Waals surface area contributed by atoms with Gasteiger partial charge in [0.25, 0.3) is 6.43 Å². The first kappa shape index (κ1) is 21.7. The van der Waals surface area contributed by atoms with Crippen LogP contribution in [0.15, 0.2) is 46.4 Å². The number of fused-ring (bicyclic) bond motifs is 3. The summed E-state index contributed by atoms with van der Waals surface area (Å²) in [6.45, 7) is 1.88. The maximum absolute atomic E-state index is 13.5. The number of benzene rings is 2. The van der Waals surface area contributed by atoms with Gasteiger partial charge in [0.1, 0.15) is 5.84 Å². The molecule has 1 atom stereocenters. The summed E-state index contributed by atoms with van der Waals surface area (Å²) in [5.41, 5.74) is 9.54. The topological polar surface area (TPSA) is 83.8 Å². The van der Waals surface area contributed by atoms with Gasteiger partial charge in [-0.2, -0.15) is 5.26 Å². The number of methoxy groups -OCH3 is 1. The number of ether oxygens (including phenoxy) is 1. The molecule has 2 aromatic carbocycles. The molecule has 0 bridgehead atoms. The molecule has 170 valence electrons. The van der Waals surface area contributed by atoms with Crippen molar-refractivity contribution in [3.05, 3.63) is 58.7 Å². The molecule has 1 heterocycles. The summed E-state index contributed by atoms with van der Waals surface area (Å²) in [6.07, 6.45) is 2.14. The average Bonchev–Trinajstić information content (AvgIpc) is 3.26. The van der Waals surface area contributed by atoms with Crippen LogP contribution in [0.3, 0.4) is 0 Å². The van der Waals surface area contributed by atoms with Crippen LogP contribution in [0.2, 0.25) is 0 Å². The lowest BCUT2D eigenvalue weighted by Gasteiger charge is -2.44. The molecule has 33 heavy (non-hydrogen) atoms. The van der Waals surface area contributed by atoms with E-state index in [0.29, 0.717) is 11.4 Å². The SMILES string of the molecule is COC1CCC2(CC1)Cc1ccc(-c3cc(C#N)cc(C(F)F)c3)cc1[C@@]21N=C(C)C(N)=N1. The van der Waals surface area contributed by atoms with E-state index in [-0.39, 0.29) is 22.6 Å². The average molecular weight is 449 g/mol. The van der Waals surface area contributed by atoms with Gasteiger partial charge in [-0.15, -0.1) is 0 Å². The minimum absolute atomic E-state index is 0.161. The van der Waals surface area contributed by atoms with Crippen molar-refractivity contribution in [1.29, 1.82) is 5.26 Å². The van der Waals surface area contributed by atoms with Gasteiger partial charge in [-0.3, -0.25) is 4.99 Å². The fourth-order valence-corrected chi connectivity index (χ4v) is 5.86. The fourth-order valence-electron chi connectivity index (χ4n) is 5.86. The maximum atomic E-state index is 13.5. The molecular formula is C26H26F2N4O. The number of hydrogen-bond donors (Lipinski definition) is 1. The number of alkyl halides is 2. The number of nitrogens with zero attached hydrogens (tertiary/aromatic N) is 3. The van der Waals surface area contributed by atoms with Gasteiger partial charge in [0.2, 0.25) is 0 Å². The van der Waals surface area contributed by atoms with Crippen molar-refractivity contribution in [3.8, 4) is 17.2 Å². The van der Waals surface area contributed by atoms with E-state index in [4.69, 9.17) is 20.5 Å². The minimum atomic E-state index is -2.65. The van der Waals surface area contributed by atoms with Crippen LogP contribution in [0.1, 0.15) is 61.3 Å². The van der Waals surface area contributed by atoms with Gasteiger partial charge in [0.05, 0.1) is 23.4 Å². The number of halogens is 2. The van der Waals surface area contributed by atoms with Gasteiger partial charge in [-0.1, -0.05) is 12.1 Å². The largest absolute Gasteiger partial charge is 0.382 e. The number of nitrogens with two attached hydrogens (primary N) is 1. The summed E-state index contributed by atoms with van der Waals surface area (Å²) in [7, 11) is 1.76. The zero-order valence-corrected chi connectivity index (χ0v) is 18.7. The van der Waals surface area contributed by atoms with E-state index in [1.54, 1.807) is 13.2 Å². The predicted molar refractivity (Wildman–Crippen MR) is 123 cm³/mol. The summed E-state index contributed by atoms with van der Waals surface area (Å²) in [5, 5.41) is 9.35. The lowest BCUT2D eigenvalue weighted by molar-refractivity contribution is -0.000372. The number of amidine groups is 1. The van der Waals surface area contributed by atoms with E-state index in [1.807, 2.05) is 25.1 Å². The lowest BCUT2D eigenvalue weighted by atomic mass is 9.65. The maximum Gasteiger partial charge on any atom is 0.263 e. The highest BCUT2D eigenvalue weighted by atomic mass is 19.3. The quantitative estimate of drug-likeness (QED) is 0.693. The standard InChI is InChI=1S/C26H26F2N4O/c1-15-24(30)32-26(31-15)22-12-17(19-9-16(14-29)10-20(11-19)23(27)28)3-4-18(22)13-25(26)7-5-21(33-2)6-8-25/h3-4,9-12,21,23H,5-8,13H2,1-2H3,(H2,30,32)/t21?,25?,26-/m0/s1. The van der Waals surface area contributed by atoms with Gasteiger partial charge in [-0.05, 0) is 80.0 Å². The zero-order chi connectivity index (χ0) is 23.4. The molecule has 5 nitrogen and oxygen atoms in total. The summed E-state index contributed by atoms with van der Waals surface area (Å²) in [5.74, 6) is 0.452. The van der Waals surface area contributed by atoms with Crippen LogP contribution in [-0.2, 0) is 16.8 Å². The zero-order valence-electron chi connectivity index (χ0n) is 18.7. The molecule has 3 aliphatic rings. The van der Waals surface area contributed by atoms with Gasteiger partial charge in [0, 0.05) is 23.7 Å². The molecule has 1 fully saturated rings. The molecule has 7 heteroatoms. The summed E-state index contributed by atoms with van der Waals surface area (Å²) < 4.78 is 32.5. The van der Waals surface area contributed by atoms with Crippen LogP contribution < -0.4 is 5.73 Å². The van der Waals surface area contributed by atoms with Gasteiger partial charge in [-0.25, -0.2) is 13.8 Å². The van der Waals surface area contributed by atoms with Crippen LogP contribution in [0.4, 0.5) is 8.78 Å². The van der Waals surface area contributed by atoms with E-state index in [1.165, 1.54) is 12.1 Å². The van der Waals surface area contributed by atoms with Crippen molar-refractivity contribution in [1.82, 2.24) is 0 Å². The van der Waals surface area contributed by atoms with Crippen LogP contribution in [-0.4, -0.2) is 24.8 Å². The number of nitriles is 1. The Kier molecular flexibility index (Phi) is 5.09. The third-order valence-electron chi connectivity index (χ3n) is 7.63. The smallest absolute Gasteiger partial charge is 0.263 e. The lowest BCUT2D eigenvalue weighted by Crippen LogP contribution is -2.43. The Morgan fingerprint density at radius 1 is 1.12 bits per heavy atom. The highest BCUT2D eigenvalue weighted by molar-refractivity contribution is 6.41. The second-order valence-electron chi connectivity index (χ2n) is 9.39. The molecule has 1 saturated carbocycles. The molecule has 2 aliphatic carbocycles. The summed E-state index contributed by atoms with van der Waals surface area (Å²) >= 11 is 0. The molecule has 0 saturated heterocycles. The Bertz CT molecular complexity index is 1200. The van der Waals surface area contributed by atoms with Crippen molar-refractivity contribution in [2.45, 2.75) is 57.2 Å². The van der Waals surface area contributed by atoms with Crippen molar-refractivity contribution >= 4 is 11.5 Å². The first-order valence-corrected chi connectivity index (χ1v) is 11.2. The minimum Gasteiger partial charge on any atom is -0.382 e. The summed E-state index contributed by atoms with van der Waals surface area (Å²) in [4.78, 5) is 10.0. The molecule has 0 amide bonds. The molecule has 1 aliphatic heterocycles. The monoisotopic (exact) mass is 448 g/mol. The molecule has 0 aromatic heterocycles. The third kappa shape index (κ3) is 3.27. The first-order chi connectivity index (χ1) is 15.8. The first-order valence-electron chi connectivity index (χ1n) is 11.2. The molecule has 5 rings (SSSR count). The second-order valence-corrected chi connectivity index (χ2v) is 9.39. The van der Waals surface area contributed by atoms with Crippen LogP contribution >= 0.6 is 0 Å². The number of aliphatic imine (C=N–C) groups is 2. The number of hydrogen-bond acceptors (Lipinski definition) is 5. The normalized spacial score (nSPS) is 28.2. The van der Waals surface area contributed by atoms with Crippen molar-refractivity contribution < 1.29 is 13.5 Å².